The summed E-state index contributed by atoms with van der Waals surface area (Å²) in [7, 11) is 0. The molecule has 0 amide bonds. The molecule has 6 heteroatoms. The van der Waals surface area contributed by atoms with E-state index in [9.17, 15) is 4.39 Å². The highest BCUT2D eigenvalue weighted by atomic mass is 35.5. The van der Waals surface area contributed by atoms with Crippen LogP contribution in [0.15, 0.2) is 36.4 Å². The first-order valence-electron chi connectivity index (χ1n) is 5.73. The highest BCUT2D eigenvalue weighted by Crippen LogP contribution is 2.29. The Labute approximate surface area is 118 Å². The van der Waals surface area contributed by atoms with Gasteiger partial charge >= 0.3 is 0 Å². The average molecular weight is 287 g/mol. The summed E-state index contributed by atoms with van der Waals surface area (Å²) in [6.07, 6.45) is 0. The van der Waals surface area contributed by atoms with E-state index in [2.05, 4.69) is 4.98 Å². The third kappa shape index (κ3) is 1.87. The van der Waals surface area contributed by atoms with Gasteiger partial charge in [-0.2, -0.15) is 5.26 Å². The molecule has 0 spiro atoms. The third-order valence-electron chi connectivity index (χ3n) is 2.96. The van der Waals surface area contributed by atoms with E-state index in [-0.39, 0.29) is 11.8 Å². The van der Waals surface area contributed by atoms with Gasteiger partial charge in [0, 0.05) is 6.07 Å². The van der Waals surface area contributed by atoms with Crippen LogP contribution in [0.2, 0.25) is 5.02 Å². The zero-order valence-electron chi connectivity index (χ0n) is 10.1. The van der Waals surface area contributed by atoms with E-state index >= 15 is 0 Å². The van der Waals surface area contributed by atoms with Crippen molar-refractivity contribution in [1.29, 1.82) is 5.26 Å². The molecule has 1 heterocycles. The Morgan fingerprint density at radius 1 is 1.25 bits per heavy atom. The number of nitrogens with two attached hydrogens (primary N) is 1. The number of fused-ring (bicyclic) bond motifs is 1. The third-order valence-corrected chi connectivity index (χ3v) is 3.26. The lowest BCUT2D eigenvalue weighted by Gasteiger charge is -2.08. The largest absolute Gasteiger partial charge is 0.369 e. The number of nitrogens with zero attached hydrogens (tertiary/aromatic N) is 3. The van der Waals surface area contributed by atoms with Crippen LogP contribution in [0, 0.1) is 17.1 Å². The van der Waals surface area contributed by atoms with Crippen LogP contribution in [0.4, 0.5) is 10.3 Å². The van der Waals surface area contributed by atoms with E-state index in [4.69, 9.17) is 22.6 Å². The molecular weight excluding hydrogens is 279 g/mol. The van der Waals surface area contributed by atoms with Crippen molar-refractivity contribution < 1.29 is 4.39 Å². The molecule has 0 aliphatic heterocycles. The highest BCUT2D eigenvalue weighted by Gasteiger charge is 2.13. The predicted octanol–water partition coefficient (Wildman–Crippen LogP) is 3.27. The Balaban J connectivity index is 2.30. The van der Waals surface area contributed by atoms with Crippen molar-refractivity contribution in [2.75, 3.05) is 5.73 Å². The second kappa shape index (κ2) is 4.51. The quantitative estimate of drug-likeness (QED) is 0.746. The minimum absolute atomic E-state index is 0.206. The minimum atomic E-state index is -0.381. The van der Waals surface area contributed by atoms with Gasteiger partial charge in [0.25, 0.3) is 0 Å². The fraction of sp³-hybridized carbons (Fsp3) is 0. The van der Waals surface area contributed by atoms with Gasteiger partial charge in [0.2, 0.25) is 5.95 Å². The van der Waals surface area contributed by atoms with E-state index in [0.29, 0.717) is 27.3 Å². The van der Waals surface area contributed by atoms with Crippen LogP contribution < -0.4 is 5.73 Å². The molecule has 0 radical (unpaired) electrons. The van der Waals surface area contributed by atoms with Crippen LogP contribution in [-0.2, 0) is 0 Å². The SMILES string of the molecule is N#Cc1ccc(-n2c(N)nc3cc(F)ccc32)c(Cl)c1. The van der Waals surface area contributed by atoms with Crippen LogP contribution in [0.25, 0.3) is 16.7 Å². The summed E-state index contributed by atoms with van der Waals surface area (Å²) in [5, 5.41) is 9.22. The molecule has 0 bridgehead atoms. The lowest BCUT2D eigenvalue weighted by atomic mass is 10.2. The van der Waals surface area contributed by atoms with Crippen LogP contribution in [0.1, 0.15) is 5.56 Å². The first kappa shape index (κ1) is 12.5. The molecule has 98 valence electrons. The van der Waals surface area contributed by atoms with Gasteiger partial charge in [0.1, 0.15) is 5.82 Å². The molecule has 0 saturated heterocycles. The van der Waals surface area contributed by atoms with E-state index in [1.165, 1.54) is 12.1 Å². The Bertz CT molecular complexity index is 863. The molecule has 0 aliphatic rings. The van der Waals surface area contributed by atoms with Crippen molar-refractivity contribution >= 4 is 28.6 Å². The standard InChI is InChI=1S/C14H8ClFN4/c15-10-5-8(7-17)1-3-12(10)20-13-4-2-9(16)6-11(13)19-14(20)18/h1-6H,(H2,18,19). The van der Waals surface area contributed by atoms with Crippen LogP contribution in [0.5, 0.6) is 0 Å². The maximum absolute atomic E-state index is 13.2. The van der Waals surface area contributed by atoms with Gasteiger partial charge in [-0.05, 0) is 30.3 Å². The van der Waals surface area contributed by atoms with Gasteiger partial charge in [0.05, 0.1) is 33.4 Å². The molecule has 3 aromatic rings. The normalized spacial score (nSPS) is 10.7. The van der Waals surface area contributed by atoms with Crippen LogP contribution >= 0.6 is 11.6 Å². The van der Waals surface area contributed by atoms with Gasteiger partial charge < -0.3 is 5.73 Å². The lowest BCUT2D eigenvalue weighted by Crippen LogP contribution is -2.01. The zero-order chi connectivity index (χ0) is 14.3. The fourth-order valence-electron chi connectivity index (χ4n) is 2.08. The number of nitrogen functional groups attached to an aromatic ring is 1. The molecule has 1 aromatic heterocycles. The summed E-state index contributed by atoms with van der Waals surface area (Å²) >= 11 is 6.17. The molecule has 0 fully saturated rings. The van der Waals surface area contributed by atoms with Crippen molar-refractivity contribution in [2.24, 2.45) is 0 Å². The molecule has 3 rings (SSSR count). The lowest BCUT2D eigenvalue weighted by molar-refractivity contribution is 0.629. The molecule has 0 unspecified atom stereocenters. The molecule has 2 aromatic carbocycles. The topological polar surface area (TPSA) is 67.6 Å². The Morgan fingerprint density at radius 3 is 2.75 bits per heavy atom. The molecule has 2 N–H and O–H groups in total. The minimum Gasteiger partial charge on any atom is -0.369 e. The van der Waals surface area contributed by atoms with Crippen molar-refractivity contribution in [3.63, 3.8) is 0 Å². The molecule has 0 atom stereocenters. The monoisotopic (exact) mass is 286 g/mol. The molecule has 0 saturated carbocycles. The van der Waals surface area contributed by atoms with Crippen molar-refractivity contribution in [3.8, 4) is 11.8 Å². The summed E-state index contributed by atoms with van der Waals surface area (Å²) in [6.45, 7) is 0. The zero-order valence-corrected chi connectivity index (χ0v) is 10.9. The van der Waals surface area contributed by atoms with Crippen molar-refractivity contribution in [3.05, 3.63) is 52.8 Å². The summed E-state index contributed by atoms with van der Waals surface area (Å²) in [5.74, 6) is -0.176. The number of hydrogen-bond acceptors (Lipinski definition) is 3. The van der Waals surface area contributed by atoms with Crippen LogP contribution in [0.3, 0.4) is 0 Å². The van der Waals surface area contributed by atoms with E-state index in [1.807, 2.05) is 6.07 Å². The Morgan fingerprint density at radius 2 is 2.05 bits per heavy atom. The van der Waals surface area contributed by atoms with E-state index < -0.39 is 0 Å². The van der Waals surface area contributed by atoms with Crippen molar-refractivity contribution in [2.45, 2.75) is 0 Å². The van der Waals surface area contributed by atoms with Crippen molar-refractivity contribution in [1.82, 2.24) is 9.55 Å². The van der Waals surface area contributed by atoms with Gasteiger partial charge in [-0.25, -0.2) is 9.37 Å². The fourth-order valence-corrected chi connectivity index (χ4v) is 2.35. The number of halogens is 2. The first-order valence-corrected chi connectivity index (χ1v) is 6.11. The van der Waals surface area contributed by atoms with Gasteiger partial charge in [-0.1, -0.05) is 11.6 Å². The predicted molar refractivity (Wildman–Crippen MR) is 75.2 cm³/mol. The number of hydrogen-bond donors (Lipinski definition) is 1. The maximum Gasteiger partial charge on any atom is 0.205 e. The number of benzene rings is 2. The Hall–Kier alpha value is -2.58. The van der Waals surface area contributed by atoms with E-state index in [0.717, 1.165) is 0 Å². The summed E-state index contributed by atoms with van der Waals surface area (Å²) < 4.78 is 14.8. The van der Waals surface area contributed by atoms with Gasteiger partial charge in [-0.3, -0.25) is 4.57 Å². The maximum atomic E-state index is 13.2. The Kier molecular flexibility index (Phi) is 2.81. The molecule has 20 heavy (non-hydrogen) atoms. The molecule has 4 nitrogen and oxygen atoms in total. The van der Waals surface area contributed by atoms with E-state index in [1.54, 1.807) is 28.8 Å². The summed E-state index contributed by atoms with van der Waals surface area (Å²) in [6, 6.07) is 11.1. The number of rotatable bonds is 1. The number of imidazole rings is 1. The number of anilines is 1. The number of nitriles is 1. The average Bonchev–Trinajstić information content (AvgIpc) is 2.73. The number of aromatic nitrogens is 2. The van der Waals surface area contributed by atoms with Gasteiger partial charge in [0.15, 0.2) is 0 Å². The molecular formula is C14H8ClFN4. The second-order valence-corrected chi connectivity index (χ2v) is 4.62. The summed E-state index contributed by atoms with van der Waals surface area (Å²) in [4.78, 5) is 4.11. The first-order chi connectivity index (χ1) is 9.60. The van der Waals surface area contributed by atoms with Crippen LogP contribution in [-0.4, -0.2) is 9.55 Å². The highest BCUT2D eigenvalue weighted by molar-refractivity contribution is 6.32. The second-order valence-electron chi connectivity index (χ2n) is 4.22. The smallest absolute Gasteiger partial charge is 0.205 e. The summed E-state index contributed by atoms with van der Waals surface area (Å²) in [5.41, 5.74) is 8.02. The molecule has 0 aliphatic carbocycles. The van der Waals surface area contributed by atoms with Gasteiger partial charge in [-0.15, -0.1) is 0 Å².